The molecule has 1 aromatic rings. The molecular formula is C8H11N5OS. The number of anilines is 1. The number of aromatic amines is 1. The van der Waals surface area contributed by atoms with Gasteiger partial charge in [0.15, 0.2) is 17.0 Å². The minimum atomic E-state index is -0.195. The highest BCUT2D eigenvalue weighted by molar-refractivity contribution is 7.99. The number of nitrogens with one attached hydrogen (secondary N) is 2. The molecule has 1 unspecified atom stereocenters. The van der Waals surface area contributed by atoms with Crippen LogP contribution in [-0.4, -0.2) is 21.5 Å². The zero-order valence-electron chi connectivity index (χ0n) is 8.39. The minimum absolute atomic E-state index is 0.130. The maximum Gasteiger partial charge on any atom is 0.300 e. The Morgan fingerprint density at radius 2 is 2.40 bits per heavy atom. The third-order valence-electron chi connectivity index (χ3n) is 1.94. The number of rotatable bonds is 2. The topological polar surface area (TPSA) is 74.5 Å². The fraction of sp³-hybridized carbons (Fsp3) is 0.375. The summed E-state index contributed by atoms with van der Waals surface area (Å²) in [6.45, 7) is 1.84. The summed E-state index contributed by atoms with van der Waals surface area (Å²) in [7, 11) is 0. The van der Waals surface area contributed by atoms with Gasteiger partial charge in [-0.05, 0) is 13.2 Å². The third kappa shape index (κ3) is 1.70. The normalized spacial score (nSPS) is 19.2. The van der Waals surface area contributed by atoms with Crippen molar-refractivity contribution in [2.24, 2.45) is 10.2 Å². The van der Waals surface area contributed by atoms with Crippen LogP contribution in [0.3, 0.4) is 0 Å². The molecule has 0 spiro atoms. The summed E-state index contributed by atoms with van der Waals surface area (Å²) in [6.07, 6.45) is 5.33. The second-order valence-electron chi connectivity index (χ2n) is 2.94. The van der Waals surface area contributed by atoms with E-state index in [1.807, 2.05) is 13.2 Å². The number of allylic oxidation sites excluding steroid dienone is 1. The monoisotopic (exact) mass is 225 g/mol. The molecule has 0 amide bonds. The summed E-state index contributed by atoms with van der Waals surface area (Å²) in [5.41, 5.74) is 0.00640. The van der Waals surface area contributed by atoms with E-state index in [0.717, 1.165) is 0 Å². The van der Waals surface area contributed by atoms with Crippen LogP contribution >= 0.6 is 11.8 Å². The van der Waals surface area contributed by atoms with Gasteiger partial charge in [0.1, 0.15) is 0 Å². The Labute approximate surface area is 90.4 Å². The summed E-state index contributed by atoms with van der Waals surface area (Å²) >= 11 is 1.52. The molecule has 0 saturated carbocycles. The third-order valence-corrected chi connectivity index (χ3v) is 2.60. The first-order chi connectivity index (χ1) is 7.26. The summed E-state index contributed by atoms with van der Waals surface area (Å²) in [6, 6.07) is 0. The van der Waals surface area contributed by atoms with Crippen molar-refractivity contribution in [2.45, 2.75) is 12.4 Å². The second-order valence-corrected chi connectivity index (χ2v) is 3.86. The Morgan fingerprint density at radius 1 is 1.60 bits per heavy atom. The predicted molar refractivity (Wildman–Crippen MR) is 61.5 cm³/mol. The number of thioether (sulfide) groups is 1. The maximum atomic E-state index is 11.7. The standard InChI is InChI=1S/C8H11N5OS/c1-3-4-13-7(14)5-6(12-13)9-8(15-2)11-10-5/h3-4,8-9,12H,1-2H3. The van der Waals surface area contributed by atoms with Gasteiger partial charge in [-0.3, -0.25) is 9.89 Å². The number of hydrogen-bond donors (Lipinski definition) is 2. The van der Waals surface area contributed by atoms with Crippen molar-refractivity contribution in [3.05, 3.63) is 16.4 Å². The van der Waals surface area contributed by atoms with Gasteiger partial charge in [0.25, 0.3) is 0 Å². The lowest BCUT2D eigenvalue weighted by molar-refractivity contribution is 0.887. The average molecular weight is 225 g/mol. The average Bonchev–Trinajstić information content (AvgIpc) is 2.56. The van der Waals surface area contributed by atoms with Crippen molar-refractivity contribution in [1.82, 2.24) is 9.78 Å². The zero-order valence-corrected chi connectivity index (χ0v) is 9.21. The van der Waals surface area contributed by atoms with Crippen molar-refractivity contribution in [1.29, 1.82) is 0 Å². The fourth-order valence-corrected chi connectivity index (χ4v) is 1.64. The zero-order chi connectivity index (χ0) is 10.8. The molecule has 2 rings (SSSR count). The molecule has 6 nitrogen and oxygen atoms in total. The molecule has 0 bridgehead atoms. The SMILES string of the molecule is CC=Cn1[nH]c2c(c1=O)N=NC(SC)N2. The van der Waals surface area contributed by atoms with Crippen LogP contribution < -0.4 is 10.9 Å². The molecule has 2 heterocycles. The molecule has 0 aliphatic carbocycles. The Balaban J connectivity index is 2.44. The molecule has 1 aliphatic rings. The van der Waals surface area contributed by atoms with Crippen molar-refractivity contribution in [3.8, 4) is 0 Å². The van der Waals surface area contributed by atoms with Gasteiger partial charge in [-0.1, -0.05) is 6.08 Å². The number of hydrogen-bond acceptors (Lipinski definition) is 5. The Morgan fingerprint density at radius 3 is 3.07 bits per heavy atom. The summed E-state index contributed by atoms with van der Waals surface area (Å²) < 4.78 is 1.37. The lowest BCUT2D eigenvalue weighted by Crippen LogP contribution is -2.15. The van der Waals surface area contributed by atoms with E-state index in [4.69, 9.17) is 0 Å². The van der Waals surface area contributed by atoms with Gasteiger partial charge in [0, 0.05) is 6.20 Å². The number of aromatic nitrogens is 2. The van der Waals surface area contributed by atoms with Gasteiger partial charge < -0.3 is 5.32 Å². The van der Waals surface area contributed by atoms with Crippen LogP contribution in [0.4, 0.5) is 11.5 Å². The van der Waals surface area contributed by atoms with E-state index in [0.29, 0.717) is 11.5 Å². The lowest BCUT2D eigenvalue weighted by Gasteiger charge is -2.13. The first-order valence-electron chi connectivity index (χ1n) is 4.43. The van der Waals surface area contributed by atoms with Crippen molar-refractivity contribution < 1.29 is 0 Å². The van der Waals surface area contributed by atoms with Crippen LogP contribution in [0.5, 0.6) is 0 Å². The molecule has 15 heavy (non-hydrogen) atoms. The van der Waals surface area contributed by atoms with Gasteiger partial charge in [-0.15, -0.1) is 16.9 Å². The number of azo groups is 1. The van der Waals surface area contributed by atoms with E-state index >= 15 is 0 Å². The smallest absolute Gasteiger partial charge is 0.300 e. The first kappa shape index (κ1) is 10.0. The number of H-pyrrole nitrogens is 1. The van der Waals surface area contributed by atoms with E-state index in [2.05, 4.69) is 20.6 Å². The summed E-state index contributed by atoms with van der Waals surface area (Å²) in [4.78, 5) is 11.7. The quantitative estimate of drug-likeness (QED) is 0.806. The molecular weight excluding hydrogens is 214 g/mol. The molecule has 0 fully saturated rings. The Hall–Kier alpha value is -1.50. The van der Waals surface area contributed by atoms with Gasteiger partial charge in [-0.25, -0.2) is 4.68 Å². The molecule has 80 valence electrons. The number of fused-ring (bicyclic) bond motifs is 1. The molecule has 0 aromatic carbocycles. The van der Waals surface area contributed by atoms with Crippen molar-refractivity contribution in [3.63, 3.8) is 0 Å². The first-order valence-corrected chi connectivity index (χ1v) is 5.72. The van der Waals surface area contributed by atoms with Gasteiger partial charge in [0.05, 0.1) is 0 Å². The Kier molecular flexibility index (Phi) is 2.63. The highest BCUT2D eigenvalue weighted by atomic mass is 32.2. The van der Waals surface area contributed by atoms with Crippen molar-refractivity contribution >= 4 is 29.5 Å². The van der Waals surface area contributed by atoms with Crippen LogP contribution in [0.2, 0.25) is 0 Å². The Bertz CT molecular complexity index is 472. The van der Waals surface area contributed by atoms with E-state index < -0.39 is 0 Å². The fourth-order valence-electron chi connectivity index (χ4n) is 1.26. The van der Waals surface area contributed by atoms with E-state index in [9.17, 15) is 4.79 Å². The largest absolute Gasteiger partial charge is 0.337 e. The van der Waals surface area contributed by atoms with Gasteiger partial charge >= 0.3 is 5.56 Å². The number of nitrogens with zero attached hydrogens (tertiary/aromatic N) is 3. The highest BCUT2D eigenvalue weighted by Crippen LogP contribution is 2.27. The molecule has 1 atom stereocenters. The van der Waals surface area contributed by atoms with Crippen LogP contribution in [0.1, 0.15) is 6.92 Å². The van der Waals surface area contributed by atoms with E-state index in [1.165, 1.54) is 16.4 Å². The lowest BCUT2D eigenvalue weighted by atomic mass is 10.5. The molecule has 2 N–H and O–H groups in total. The molecule has 7 heteroatoms. The summed E-state index contributed by atoms with van der Waals surface area (Å²) in [5, 5.41) is 13.8. The van der Waals surface area contributed by atoms with Crippen LogP contribution in [0.25, 0.3) is 6.20 Å². The molecule has 1 aliphatic heterocycles. The van der Waals surface area contributed by atoms with Crippen LogP contribution in [0.15, 0.2) is 21.1 Å². The second kappa shape index (κ2) is 3.93. The van der Waals surface area contributed by atoms with E-state index in [-0.39, 0.29) is 11.1 Å². The predicted octanol–water partition coefficient (Wildman–Crippen LogP) is 1.82. The highest BCUT2D eigenvalue weighted by Gasteiger charge is 2.20. The van der Waals surface area contributed by atoms with Crippen molar-refractivity contribution in [2.75, 3.05) is 11.6 Å². The maximum absolute atomic E-state index is 11.7. The van der Waals surface area contributed by atoms with E-state index in [1.54, 1.807) is 12.3 Å². The van der Waals surface area contributed by atoms with Gasteiger partial charge in [0.2, 0.25) is 0 Å². The summed E-state index contributed by atoms with van der Waals surface area (Å²) in [5.74, 6) is 0.618. The van der Waals surface area contributed by atoms with Crippen LogP contribution in [0, 0.1) is 0 Å². The molecule has 0 radical (unpaired) electrons. The van der Waals surface area contributed by atoms with Gasteiger partial charge in [-0.2, -0.15) is 5.11 Å². The van der Waals surface area contributed by atoms with Crippen LogP contribution in [-0.2, 0) is 0 Å². The molecule has 1 aromatic heterocycles. The molecule has 0 saturated heterocycles. The minimum Gasteiger partial charge on any atom is -0.337 e.